The lowest BCUT2D eigenvalue weighted by Crippen LogP contribution is -2.65. The molecule has 1 heterocycles. The highest BCUT2D eigenvalue weighted by atomic mass is 16.7. The first-order valence-corrected chi connectivity index (χ1v) is 9.55. The topological polar surface area (TPSA) is 150 Å². The number of rotatable bonds is 9. The van der Waals surface area contributed by atoms with Crippen LogP contribution in [0.2, 0.25) is 0 Å². The van der Waals surface area contributed by atoms with Crippen LogP contribution in [0, 0.1) is 0 Å². The predicted octanol–water partition coefficient (Wildman–Crippen LogP) is 0.0377. The van der Waals surface area contributed by atoms with E-state index in [0.29, 0.717) is 0 Å². The van der Waals surface area contributed by atoms with Crippen molar-refractivity contribution in [2.75, 3.05) is 13.2 Å². The summed E-state index contributed by atoms with van der Waals surface area (Å²) in [6.45, 7) is 6.92. The van der Waals surface area contributed by atoms with Crippen molar-refractivity contribution in [3.8, 4) is 0 Å². The molecule has 0 aromatic rings. The van der Waals surface area contributed by atoms with E-state index in [-0.39, 0.29) is 6.61 Å². The van der Waals surface area contributed by atoms with Crippen LogP contribution in [0.25, 0.3) is 0 Å². The Balaban J connectivity index is 3.46. The van der Waals surface area contributed by atoms with Gasteiger partial charge in [0.25, 0.3) is 0 Å². The minimum Gasteiger partial charge on any atom is -0.462 e. The maximum atomic E-state index is 11.8. The maximum absolute atomic E-state index is 11.8. The Morgan fingerprint density at radius 3 is 1.71 bits per heavy atom. The van der Waals surface area contributed by atoms with Crippen LogP contribution in [-0.4, -0.2) is 79.9 Å². The van der Waals surface area contributed by atoms with Gasteiger partial charge in [-0.15, -0.1) is 0 Å². The molecule has 31 heavy (non-hydrogen) atoms. The molecule has 0 N–H and O–H groups in total. The molecule has 1 saturated heterocycles. The largest absolute Gasteiger partial charge is 0.462 e. The molecule has 12 nitrogen and oxygen atoms in total. The van der Waals surface area contributed by atoms with Crippen molar-refractivity contribution in [1.29, 1.82) is 0 Å². The fraction of sp³-hybridized carbons (Fsp3) is 0.737. The zero-order valence-electron chi connectivity index (χ0n) is 18.3. The van der Waals surface area contributed by atoms with Crippen LogP contribution in [-0.2, 0) is 57.1 Å². The van der Waals surface area contributed by atoms with Gasteiger partial charge in [0.05, 0.1) is 0 Å². The van der Waals surface area contributed by atoms with Crippen molar-refractivity contribution in [3.63, 3.8) is 0 Å². The van der Waals surface area contributed by atoms with E-state index in [1.807, 2.05) is 0 Å². The van der Waals surface area contributed by atoms with Crippen molar-refractivity contribution in [3.05, 3.63) is 0 Å². The smallest absolute Gasteiger partial charge is 0.303 e. The van der Waals surface area contributed by atoms with Crippen molar-refractivity contribution in [2.45, 2.75) is 78.4 Å². The van der Waals surface area contributed by atoms with Gasteiger partial charge in [-0.2, -0.15) is 0 Å². The highest BCUT2D eigenvalue weighted by Crippen LogP contribution is 2.32. The molecule has 0 amide bonds. The van der Waals surface area contributed by atoms with Gasteiger partial charge < -0.3 is 33.2 Å². The molecule has 1 rings (SSSR count). The number of hydrogen-bond donors (Lipinski definition) is 0. The predicted molar refractivity (Wildman–Crippen MR) is 99.1 cm³/mol. The Kier molecular flexibility index (Phi) is 10.4. The summed E-state index contributed by atoms with van der Waals surface area (Å²) >= 11 is 0. The summed E-state index contributed by atoms with van der Waals surface area (Å²) in [5, 5.41) is 0. The first kappa shape index (κ1) is 26.3. The second-order valence-corrected chi connectivity index (χ2v) is 6.60. The van der Waals surface area contributed by atoms with Crippen molar-refractivity contribution >= 4 is 29.8 Å². The summed E-state index contributed by atoms with van der Waals surface area (Å²) in [4.78, 5) is 58.1. The lowest BCUT2D eigenvalue weighted by Gasteiger charge is -2.45. The van der Waals surface area contributed by atoms with Gasteiger partial charge in [-0.1, -0.05) is 0 Å². The SMILES string of the molecule is CCOC1OC(C(COC(C)=O)OC(C)=O)C(OC(C)=O)C(OC(C)=O)C1OC(C)=O. The maximum Gasteiger partial charge on any atom is 0.303 e. The minimum absolute atomic E-state index is 0.113. The molecule has 0 spiro atoms. The average molecular weight is 448 g/mol. The molecule has 6 atom stereocenters. The zero-order valence-corrected chi connectivity index (χ0v) is 18.3. The molecule has 1 aliphatic heterocycles. The van der Waals surface area contributed by atoms with Crippen LogP contribution < -0.4 is 0 Å². The molecule has 12 heteroatoms. The monoisotopic (exact) mass is 448 g/mol. The molecule has 1 aliphatic rings. The summed E-state index contributed by atoms with van der Waals surface area (Å²) in [7, 11) is 0. The van der Waals surface area contributed by atoms with E-state index in [1.54, 1.807) is 6.92 Å². The quantitative estimate of drug-likeness (QED) is 0.346. The van der Waals surface area contributed by atoms with Gasteiger partial charge >= 0.3 is 29.8 Å². The molecule has 0 aromatic carbocycles. The van der Waals surface area contributed by atoms with Gasteiger partial charge in [0.15, 0.2) is 30.7 Å². The second-order valence-electron chi connectivity index (χ2n) is 6.60. The Morgan fingerprint density at radius 1 is 0.742 bits per heavy atom. The van der Waals surface area contributed by atoms with Gasteiger partial charge in [-0.25, -0.2) is 0 Å². The van der Waals surface area contributed by atoms with E-state index in [9.17, 15) is 24.0 Å². The lowest BCUT2D eigenvalue weighted by atomic mass is 9.94. The number of carbonyl (C=O) groups excluding carboxylic acids is 5. The van der Waals surface area contributed by atoms with Crippen molar-refractivity contribution < 1.29 is 57.1 Å². The summed E-state index contributed by atoms with van der Waals surface area (Å²) in [5.74, 6) is -3.67. The Morgan fingerprint density at radius 2 is 1.26 bits per heavy atom. The summed E-state index contributed by atoms with van der Waals surface area (Å²) in [6.07, 6.45) is -7.87. The van der Waals surface area contributed by atoms with Crippen LogP contribution >= 0.6 is 0 Å². The number of hydrogen-bond acceptors (Lipinski definition) is 12. The zero-order chi connectivity index (χ0) is 23.7. The molecule has 0 radical (unpaired) electrons. The van der Waals surface area contributed by atoms with Crippen LogP contribution in [0.4, 0.5) is 0 Å². The number of carbonyl (C=O) groups is 5. The first-order valence-electron chi connectivity index (χ1n) is 9.55. The van der Waals surface area contributed by atoms with Gasteiger partial charge in [-0.3, -0.25) is 24.0 Å². The van der Waals surface area contributed by atoms with Crippen LogP contribution in [0.1, 0.15) is 41.5 Å². The fourth-order valence-corrected chi connectivity index (χ4v) is 3.01. The van der Waals surface area contributed by atoms with Gasteiger partial charge in [-0.05, 0) is 6.92 Å². The molecule has 0 bridgehead atoms. The van der Waals surface area contributed by atoms with Crippen molar-refractivity contribution in [1.82, 2.24) is 0 Å². The third kappa shape index (κ3) is 8.50. The Hall–Kier alpha value is -2.73. The van der Waals surface area contributed by atoms with E-state index >= 15 is 0 Å². The molecular formula is C19H28O12. The first-order chi connectivity index (χ1) is 14.5. The third-order valence-corrected chi connectivity index (χ3v) is 3.90. The highest BCUT2D eigenvalue weighted by Gasteiger charge is 2.55. The Labute approximate surface area is 179 Å². The third-order valence-electron chi connectivity index (χ3n) is 3.90. The van der Waals surface area contributed by atoms with Gasteiger partial charge in [0.1, 0.15) is 12.7 Å². The Bertz CT molecular complexity index is 675. The minimum atomic E-state index is -1.39. The summed E-state index contributed by atoms with van der Waals surface area (Å²) in [6, 6.07) is 0. The molecule has 6 unspecified atom stereocenters. The lowest BCUT2D eigenvalue weighted by molar-refractivity contribution is -0.317. The molecule has 0 saturated carbocycles. The van der Waals surface area contributed by atoms with E-state index < -0.39 is 73.3 Å². The second kappa shape index (κ2) is 12.2. The normalized spacial score (nSPS) is 26.2. The summed E-state index contributed by atoms with van der Waals surface area (Å²) in [5.41, 5.74) is 0. The molecular weight excluding hydrogens is 420 g/mol. The standard InChI is InChI=1S/C19H28O12/c1-7-25-19-18(30-13(6)24)17(29-12(5)23)16(28-11(4)22)15(31-19)14(27-10(3)21)8-26-9(2)20/h14-19H,7-8H2,1-6H3. The van der Waals surface area contributed by atoms with E-state index in [0.717, 1.165) is 34.6 Å². The van der Waals surface area contributed by atoms with Gasteiger partial charge in [0, 0.05) is 41.2 Å². The number of esters is 5. The average Bonchev–Trinajstić information content (AvgIpc) is 2.62. The highest BCUT2D eigenvalue weighted by molar-refractivity contribution is 5.69. The molecule has 0 aliphatic carbocycles. The van der Waals surface area contributed by atoms with E-state index in [4.69, 9.17) is 33.2 Å². The fourth-order valence-electron chi connectivity index (χ4n) is 3.01. The van der Waals surface area contributed by atoms with Gasteiger partial charge in [0.2, 0.25) is 0 Å². The van der Waals surface area contributed by atoms with Crippen molar-refractivity contribution in [2.24, 2.45) is 0 Å². The summed E-state index contributed by atoms with van der Waals surface area (Å²) < 4.78 is 37.3. The van der Waals surface area contributed by atoms with E-state index in [2.05, 4.69) is 0 Å². The molecule has 0 aromatic heterocycles. The van der Waals surface area contributed by atoms with Crippen LogP contribution in [0.5, 0.6) is 0 Å². The van der Waals surface area contributed by atoms with Crippen LogP contribution in [0.15, 0.2) is 0 Å². The molecule has 176 valence electrons. The molecule has 1 fully saturated rings. The number of ether oxygens (including phenoxy) is 7. The van der Waals surface area contributed by atoms with Crippen LogP contribution in [0.3, 0.4) is 0 Å². The van der Waals surface area contributed by atoms with E-state index in [1.165, 1.54) is 0 Å².